The lowest BCUT2D eigenvalue weighted by Crippen LogP contribution is -2.24. The SMILES string of the molecule is CNS(=O)(=O)c1ccc(O)c(C2SC(C)(C)CN2C)c1. The van der Waals surface area contributed by atoms with Crippen LogP contribution < -0.4 is 4.72 Å². The fourth-order valence-electron chi connectivity index (χ4n) is 2.43. The summed E-state index contributed by atoms with van der Waals surface area (Å²) in [5.74, 6) is 0.127. The Morgan fingerprint density at radius 2 is 2.10 bits per heavy atom. The number of hydrogen-bond acceptors (Lipinski definition) is 5. The van der Waals surface area contributed by atoms with Crippen molar-refractivity contribution in [3.63, 3.8) is 0 Å². The number of hydrogen-bond donors (Lipinski definition) is 2. The summed E-state index contributed by atoms with van der Waals surface area (Å²) in [6.07, 6.45) is 0. The lowest BCUT2D eigenvalue weighted by atomic mass is 10.1. The molecule has 1 aliphatic heterocycles. The first kappa shape index (κ1) is 15.6. The molecule has 1 saturated heterocycles. The zero-order valence-corrected chi connectivity index (χ0v) is 13.7. The Kier molecular flexibility index (Phi) is 4.07. The van der Waals surface area contributed by atoms with Crippen LogP contribution >= 0.6 is 11.8 Å². The molecule has 0 saturated carbocycles. The van der Waals surface area contributed by atoms with Gasteiger partial charge in [0.25, 0.3) is 0 Å². The topological polar surface area (TPSA) is 69.6 Å². The summed E-state index contributed by atoms with van der Waals surface area (Å²) in [7, 11) is -0.148. The second kappa shape index (κ2) is 5.22. The third kappa shape index (κ3) is 2.95. The van der Waals surface area contributed by atoms with Gasteiger partial charge in [0, 0.05) is 16.9 Å². The molecule has 112 valence electrons. The highest BCUT2D eigenvalue weighted by Crippen LogP contribution is 2.49. The Labute approximate surface area is 124 Å². The van der Waals surface area contributed by atoms with Crippen molar-refractivity contribution in [2.24, 2.45) is 0 Å². The van der Waals surface area contributed by atoms with Crippen LogP contribution in [0.25, 0.3) is 0 Å². The lowest BCUT2D eigenvalue weighted by Gasteiger charge is -2.20. The van der Waals surface area contributed by atoms with Crippen LogP contribution in [0.4, 0.5) is 0 Å². The van der Waals surface area contributed by atoms with Gasteiger partial charge in [0.05, 0.1) is 10.3 Å². The van der Waals surface area contributed by atoms with Crippen LogP contribution in [0.1, 0.15) is 24.8 Å². The van der Waals surface area contributed by atoms with Gasteiger partial charge >= 0.3 is 0 Å². The molecule has 2 rings (SSSR count). The zero-order chi connectivity index (χ0) is 15.1. The molecule has 0 spiro atoms. The number of aromatic hydroxyl groups is 1. The van der Waals surface area contributed by atoms with Crippen LogP contribution in [-0.2, 0) is 10.0 Å². The van der Waals surface area contributed by atoms with Crippen LogP contribution in [0.15, 0.2) is 23.1 Å². The van der Waals surface area contributed by atoms with Gasteiger partial charge in [-0.1, -0.05) is 0 Å². The van der Waals surface area contributed by atoms with Gasteiger partial charge < -0.3 is 5.11 Å². The number of thioether (sulfide) groups is 1. The smallest absolute Gasteiger partial charge is 0.240 e. The molecule has 2 N–H and O–H groups in total. The minimum atomic E-state index is -3.50. The van der Waals surface area contributed by atoms with Crippen molar-refractivity contribution in [1.82, 2.24) is 9.62 Å². The number of sulfonamides is 1. The van der Waals surface area contributed by atoms with Crippen LogP contribution in [0.3, 0.4) is 0 Å². The van der Waals surface area contributed by atoms with Gasteiger partial charge in [-0.25, -0.2) is 13.1 Å². The van der Waals surface area contributed by atoms with E-state index in [1.165, 1.54) is 19.2 Å². The quantitative estimate of drug-likeness (QED) is 0.889. The molecule has 0 bridgehead atoms. The van der Waals surface area contributed by atoms with Crippen molar-refractivity contribution in [3.8, 4) is 5.75 Å². The predicted molar refractivity (Wildman–Crippen MR) is 81.4 cm³/mol. The molecule has 1 fully saturated rings. The fraction of sp³-hybridized carbons (Fsp3) is 0.538. The molecular formula is C13H20N2O3S2. The van der Waals surface area contributed by atoms with Crippen molar-refractivity contribution >= 4 is 21.8 Å². The van der Waals surface area contributed by atoms with E-state index in [1.54, 1.807) is 17.8 Å². The normalized spacial score (nSPS) is 23.1. The number of phenols is 1. The van der Waals surface area contributed by atoms with E-state index in [0.717, 1.165) is 6.54 Å². The van der Waals surface area contributed by atoms with E-state index < -0.39 is 10.0 Å². The number of phenolic OH excluding ortho intramolecular Hbond substituents is 1. The number of nitrogens with zero attached hydrogens (tertiary/aromatic N) is 1. The number of benzene rings is 1. The van der Waals surface area contributed by atoms with Gasteiger partial charge in [0.2, 0.25) is 10.0 Å². The standard InChI is InChI=1S/C13H20N2O3S2/c1-13(2)8-15(4)12(19-13)10-7-9(5-6-11(10)16)20(17,18)14-3/h5-7,12,14,16H,8H2,1-4H3. The maximum atomic E-state index is 11.9. The fourth-order valence-corrected chi connectivity index (χ4v) is 4.65. The predicted octanol–water partition coefficient (Wildman–Crippen LogP) is 1.76. The largest absolute Gasteiger partial charge is 0.508 e. The monoisotopic (exact) mass is 316 g/mol. The highest BCUT2D eigenvalue weighted by atomic mass is 32.2. The molecule has 0 radical (unpaired) electrons. The summed E-state index contributed by atoms with van der Waals surface area (Å²) in [5, 5.41) is 10.0. The van der Waals surface area contributed by atoms with Crippen LogP contribution in [-0.4, -0.2) is 43.8 Å². The highest BCUT2D eigenvalue weighted by Gasteiger charge is 2.38. The number of nitrogens with one attached hydrogen (secondary N) is 1. The average molecular weight is 316 g/mol. The lowest BCUT2D eigenvalue weighted by molar-refractivity contribution is 0.319. The summed E-state index contributed by atoms with van der Waals surface area (Å²) >= 11 is 1.72. The van der Waals surface area contributed by atoms with E-state index in [-0.39, 0.29) is 20.8 Å². The number of rotatable bonds is 3. The molecule has 7 heteroatoms. The first-order chi connectivity index (χ1) is 9.16. The van der Waals surface area contributed by atoms with Gasteiger partial charge in [-0.3, -0.25) is 4.90 Å². The molecule has 0 aliphatic carbocycles. The summed E-state index contributed by atoms with van der Waals surface area (Å²) < 4.78 is 26.1. The van der Waals surface area contributed by atoms with Gasteiger partial charge in [0.15, 0.2) is 0 Å². The van der Waals surface area contributed by atoms with Crippen LogP contribution in [0.5, 0.6) is 5.75 Å². The van der Waals surface area contributed by atoms with Gasteiger partial charge in [-0.2, -0.15) is 0 Å². The molecular weight excluding hydrogens is 296 g/mol. The van der Waals surface area contributed by atoms with E-state index in [0.29, 0.717) is 5.56 Å². The minimum Gasteiger partial charge on any atom is -0.508 e. The van der Waals surface area contributed by atoms with Crippen LogP contribution in [0, 0.1) is 0 Å². The summed E-state index contributed by atoms with van der Waals surface area (Å²) in [4.78, 5) is 2.29. The molecule has 1 unspecified atom stereocenters. The molecule has 1 aliphatic rings. The second-order valence-electron chi connectivity index (χ2n) is 5.57. The molecule has 20 heavy (non-hydrogen) atoms. The average Bonchev–Trinajstić information content (AvgIpc) is 2.63. The van der Waals surface area contributed by atoms with E-state index in [2.05, 4.69) is 23.5 Å². The Bertz CT molecular complexity index is 614. The molecule has 0 amide bonds. The first-order valence-corrected chi connectivity index (χ1v) is 8.67. The van der Waals surface area contributed by atoms with E-state index in [1.807, 2.05) is 7.05 Å². The summed E-state index contributed by atoms with van der Waals surface area (Å²) in [6, 6.07) is 4.41. The Morgan fingerprint density at radius 1 is 1.45 bits per heavy atom. The van der Waals surface area contributed by atoms with Crippen molar-refractivity contribution in [1.29, 1.82) is 0 Å². The third-order valence-electron chi connectivity index (χ3n) is 3.31. The molecule has 5 nitrogen and oxygen atoms in total. The van der Waals surface area contributed by atoms with Gasteiger partial charge in [0.1, 0.15) is 5.75 Å². The third-order valence-corrected chi connectivity index (χ3v) is 6.32. The Balaban J connectivity index is 2.45. The van der Waals surface area contributed by atoms with Crippen molar-refractivity contribution in [2.45, 2.75) is 28.9 Å². The van der Waals surface area contributed by atoms with E-state index in [4.69, 9.17) is 0 Å². The van der Waals surface area contributed by atoms with E-state index in [9.17, 15) is 13.5 Å². The Hall–Kier alpha value is -0.760. The second-order valence-corrected chi connectivity index (χ2v) is 9.25. The Morgan fingerprint density at radius 3 is 2.60 bits per heavy atom. The maximum Gasteiger partial charge on any atom is 0.240 e. The highest BCUT2D eigenvalue weighted by molar-refractivity contribution is 8.01. The summed E-state index contributed by atoms with van der Waals surface area (Å²) in [5.41, 5.74) is 0.638. The van der Waals surface area contributed by atoms with E-state index >= 15 is 0 Å². The van der Waals surface area contributed by atoms with Crippen LogP contribution in [0.2, 0.25) is 0 Å². The van der Waals surface area contributed by atoms with Crippen molar-refractivity contribution < 1.29 is 13.5 Å². The molecule has 0 aromatic heterocycles. The van der Waals surface area contributed by atoms with Gasteiger partial charge in [-0.15, -0.1) is 11.8 Å². The van der Waals surface area contributed by atoms with Crippen molar-refractivity contribution in [2.75, 3.05) is 20.6 Å². The molecule has 1 atom stereocenters. The molecule has 1 aromatic carbocycles. The zero-order valence-electron chi connectivity index (χ0n) is 12.0. The first-order valence-electron chi connectivity index (χ1n) is 6.31. The molecule has 1 heterocycles. The van der Waals surface area contributed by atoms with Gasteiger partial charge in [-0.05, 0) is 46.1 Å². The maximum absolute atomic E-state index is 11.9. The van der Waals surface area contributed by atoms with Crippen molar-refractivity contribution in [3.05, 3.63) is 23.8 Å². The molecule has 1 aromatic rings. The minimum absolute atomic E-state index is 0.0444. The summed E-state index contributed by atoms with van der Waals surface area (Å²) in [6.45, 7) is 5.16.